The van der Waals surface area contributed by atoms with Gasteiger partial charge >= 0.3 is 11.9 Å². The van der Waals surface area contributed by atoms with E-state index >= 15 is 0 Å². The van der Waals surface area contributed by atoms with Crippen LogP contribution < -0.4 is 0 Å². The molecule has 1 fully saturated rings. The number of hydrogen-bond donors (Lipinski definition) is 0. The number of para-hydroxylation sites is 1. The van der Waals surface area contributed by atoms with E-state index in [9.17, 15) is 9.59 Å². The van der Waals surface area contributed by atoms with E-state index in [2.05, 4.69) is 6.92 Å². The fourth-order valence-electron chi connectivity index (χ4n) is 5.00. The Morgan fingerprint density at radius 3 is 2.21 bits per heavy atom. The van der Waals surface area contributed by atoms with E-state index in [1.807, 2.05) is 54.6 Å². The highest BCUT2D eigenvalue weighted by atomic mass is 16.5. The smallest absolute Gasteiger partial charge is 0.323 e. The number of hydrogen-bond acceptors (Lipinski definition) is 5. The molecule has 0 saturated heterocycles. The van der Waals surface area contributed by atoms with Gasteiger partial charge in [-0.25, -0.2) is 0 Å². The maximum Gasteiger partial charge on any atom is 0.323 e. The van der Waals surface area contributed by atoms with Gasteiger partial charge in [0.05, 0.1) is 25.6 Å². The van der Waals surface area contributed by atoms with Gasteiger partial charge in [0, 0.05) is 11.3 Å². The normalized spacial score (nSPS) is 24.5. The topological polar surface area (TPSA) is 65.0 Å². The lowest BCUT2D eigenvalue weighted by molar-refractivity contribution is -0.169. The largest absolute Gasteiger partial charge is 0.468 e. The second-order valence-electron chi connectivity index (χ2n) is 7.80. The van der Waals surface area contributed by atoms with Crippen molar-refractivity contribution in [2.75, 3.05) is 14.2 Å². The van der Waals surface area contributed by atoms with Gasteiger partial charge in [-0.3, -0.25) is 14.6 Å². The minimum Gasteiger partial charge on any atom is -0.468 e. The number of nitrogens with zero attached hydrogens (tertiary/aromatic N) is 1. The zero-order valence-corrected chi connectivity index (χ0v) is 16.3. The Hall–Kier alpha value is -2.95. The molecule has 0 radical (unpaired) electrons. The first-order valence-corrected chi connectivity index (χ1v) is 9.36. The lowest BCUT2D eigenvalue weighted by Gasteiger charge is -2.37. The Kier molecular flexibility index (Phi) is 4.33. The molecule has 1 aliphatic heterocycles. The van der Waals surface area contributed by atoms with Crippen molar-refractivity contribution in [3.63, 3.8) is 0 Å². The van der Waals surface area contributed by atoms with Crippen molar-refractivity contribution in [2.24, 2.45) is 16.3 Å². The monoisotopic (exact) mass is 377 g/mol. The molecule has 4 rings (SSSR count). The number of methoxy groups -OCH3 is 2. The number of carbonyl (C=O) groups excluding carboxylic acids is 2. The van der Waals surface area contributed by atoms with Crippen LogP contribution in [0, 0.1) is 11.3 Å². The summed E-state index contributed by atoms with van der Waals surface area (Å²) < 4.78 is 10.1. The summed E-state index contributed by atoms with van der Waals surface area (Å²) in [5, 5.41) is 0. The van der Waals surface area contributed by atoms with Crippen LogP contribution in [0.1, 0.15) is 30.9 Å². The molecular weight excluding hydrogens is 354 g/mol. The SMILES string of the molecule is COC(=O)C1(C(=O)OC)C[C@@H]2C(c3ccccc3)=Nc3ccccc3[C@]2(C)C1. The molecule has 0 aromatic heterocycles. The average Bonchev–Trinajstić information content (AvgIpc) is 3.08. The molecule has 2 aliphatic rings. The van der Waals surface area contributed by atoms with E-state index < -0.39 is 22.8 Å². The lowest BCUT2D eigenvalue weighted by Crippen LogP contribution is -2.40. The van der Waals surface area contributed by atoms with Gasteiger partial charge in [0.15, 0.2) is 5.41 Å². The number of aliphatic imine (C=N–C) groups is 1. The van der Waals surface area contributed by atoms with E-state index in [4.69, 9.17) is 14.5 Å². The van der Waals surface area contributed by atoms with Gasteiger partial charge in [-0.1, -0.05) is 55.5 Å². The Bertz CT molecular complexity index is 950. The van der Waals surface area contributed by atoms with Crippen LogP contribution in [0.2, 0.25) is 0 Å². The van der Waals surface area contributed by atoms with Crippen LogP contribution in [0.4, 0.5) is 5.69 Å². The molecule has 5 heteroatoms. The fourth-order valence-corrected chi connectivity index (χ4v) is 5.00. The van der Waals surface area contributed by atoms with Gasteiger partial charge in [0.25, 0.3) is 0 Å². The summed E-state index contributed by atoms with van der Waals surface area (Å²) in [7, 11) is 2.63. The second-order valence-corrected chi connectivity index (χ2v) is 7.80. The van der Waals surface area contributed by atoms with Gasteiger partial charge in [-0.05, 0) is 30.0 Å². The van der Waals surface area contributed by atoms with E-state index in [1.54, 1.807) is 0 Å². The Morgan fingerprint density at radius 2 is 1.57 bits per heavy atom. The summed E-state index contributed by atoms with van der Waals surface area (Å²) in [6.45, 7) is 2.11. The molecule has 144 valence electrons. The van der Waals surface area contributed by atoms with Crippen LogP contribution in [-0.4, -0.2) is 31.9 Å². The summed E-state index contributed by atoms with van der Waals surface area (Å²) in [4.78, 5) is 30.6. The van der Waals surface area contributed by atoms with Gasteiger partial charge < -0.3 is 9.47 Å². The minimum atomic E-state index is -1.34. The Morgan fingerprint density at radius 1 is 0.964 bits per heavy atom. The van der Waals surface area contributed by atoms with Crippen molar-refractivity contribution in [1.29, 1.82) is 0 Å². The Balaban J connectivity index is 1.94. The van der Waals surface area contributed by atoms with Gasteiger partial charge in [0.2, 0.25) is 0 Å². The van der Waals surface area contributed by atoms with Crippen molar-refractivity contribution in [3.8, 4) is 0 Å². The predicted octanol–water partition coefficient (Wildman–Crippen LogP) is 3.82. The Labute approximate surface area is 164 Å². The first-order valence-electron chi connectivity index (χ1n) is 9.36. The molecule has 0 spiro atoms. The highest BCUT2D eigenvalue weighted by Crippen LogP contribution is 2.60. The summed E-state index contributed by atoms with van der Waals surface area (Å²) in [5.41, 5.74) is 2.05. The van der Waals surface area contributed by atoms with Crippen LogP contribution in [0.5, 0.6) is 0 Å². The molecule has 2 aromatic rings. The summed E-state index contributed by atoms with van der Waals surface area (Å²) in [6.07, 6.45) is 0.637. The molecule has 0 N–H and O–H groups in total. The molecule has 1 heterocycles. The lowest BCUT2D eigenvalue weighted by atomic mass is 9.68. The third-order valence-electron chi connectivity index (χ3n) is 6.30. The molecule has 0 unspecified atom stereocenters. The molecule has 5 nitrogen and oxygen atoms in total. The van der Waals surface area contributed by atoms with E-state index in [-0.39, 0.29) is 5.92 Å². The van der Waals surface area contributed by atoms with Crippen LogP contribution in [-0.2, 0) is 24.5 Å². The van der Waals surface area contributed by atoms with Crippen LogP contribution in [0.3, 0.4) is 0 Å². The molecule has 2 aromatic carbocycles. The number of rotatable bonds is 3. The van der Waals surface area contributed by atoms with Crippen molar-refractivity contribution in [3.05, 3.63) is 65.7 Å². The third-order valence-corrected chi connectivity index (χ3v) is 6.30. The third kappa shape index (κ3) is 2.49. The van der Waals surface area contributed by atoms with Gasteiger partial charge in [-0.2, -0.15) is 0 Å². The molecule has 1 saturated carbocycles. The minimum absolute atomic E-state index is 0.108. The molecule has 2 atom stereocenters. The van der Waals surface area contributed by atoms with Crippen LogP contribution in [0.15, 0.2) is 59.6 Å². The first kappa shape index (κ1) is 18.4. The highest BCUT2D eigenvalue weighted by Gasteiger charge is 2.64. The van der Waals surface area contributed by atoms with Crippen molar-refractivity contribution in [2.45, 2.75) is 25.2 Å². The second kappa shape index (κ2) is 6.59. The fraction of sp³-hybridized carbons (Fsp3) is 0.348. The van der Waals surface area contributed by atoms with Crippen molar-refractivity contribution < 1.29 is 19.1 Å². The number of benzene rings is 2. The summed E-state index contributed by atoms with van der Waals surface area (Å²) >= 11 is 0. The molecule has 0 bridgehead atoms. The van der Waals surface area contributed by atoms with Gasteiger partial charge in [-0.15, -0.1) is 0 Å². The summed E-state index contributed by atoms with van der Waals surface area (Å²) in [6, 6.07) is 17.9. The zero-order chi connectivity index (χ0) is 19.9. The number of ether oxygens (including phenoxy) is 2. The standard InChI is InChI=1S/C23H23NO4/c1-22-14-23(20(25)27-2,21(26)28-3)13-17(22)19(15-9-5-4-6-10-15)24-18-12-8-7-11-16(18)22/h4-12,17H,13-14H2,1-3H3/t17-,22+/m1/s1. The number of fused-ring (bicyclic) bond motifs is 3. The maximum atomic E-state index is 12.8. The van der Waals surface area contributed by atoms with E-state index in [0.717, 1.165) is 22.5 Å². The van der Waals surface area contributed by atoms with Gasteiger partial charge in [0.1, 0.15) is 0 Å². The highest BCUT2D eigenvalue weighted by molar-refractivity contribution is 6.09. The summed E-state index contributed by atoms with van der Waals surface area (Å²) in [5.74, 6) is -1.19. The zero-order valence-electron chi connectivity index (χ0n) is 16.3. The van der Waals surface area contributed by atoms with E-state index in [0.29, 0.717) is 12.8 Å². The maximum absolute atomic E-state index is 12.8. The average molecular weight is 377 g/mol. The predicted molar refractivity (Wildman–Crippen MR) is 106 cm³/mol. The number of esters is 2. The molecular formula is C23H23NO4. The van der Waals surface area contributed by atoms with Crippen LogP contribution >= 0.6 is 0 Å². The molecule has 1 aliphatic carbocycles. The number of carbonyl (C=O) groups is 2. The quantitative estimate of drug-likeness (QED) is 0.602. The molecule has 0 amide bonds. The van der Waals surface area contributed by atoms with E-state index in [1.165, 1.54) is 14.2 Å². The van der Waals surface area contributed by atoms with Crippen molar-refractivity contribution in [1.82, 2.24) is 0 Å². The first-order chi connectivity index (χ1) is 13.5. The van der Waals surface area contributed by atoms with Crippen molar-refractivity contribution >= 4 is 23.3 Å². The molecule has 28 heavy (non-hydrogen) atoms. The van der Waals surface area contributed by atoms with Crippen LogP contribution in [0.25, 0.3) is 0 Å².